The van der Waals surface area contributed by atoms with Crippen LogP contribution in [0.1, 0.15) is 30.0 Å². The molecule has 1 N–H and O–H groups in total. The summed E-state index contributed by atoms with van der Waals surface area (Å²) >= 11 is 0. The third kappa shape index (κ3) is 4.28. The number of amides is 2. The number of aliphatic hydroxyl groups is 1. The van der Waals surface area contributed by atoms with Gasteiger partial charge in [0, 0.05) is 13.1 Å². The molecule has 1 spiro atoms. The first kappa shape index (κ1) is 25.5. The fourth-order valence-electron chi connectivity index (χ4n) is 6.55. The summed E-state index contributed by atoms with van der Waals surface area (Å²) in [5.74, 6) is -3.02. The highest BCUT2D eigenvalue weighted by Gasteiger charge is 2.72. The first-order chi connectivity index (χ1) is 19.0. The van der Waals surface area contributed by atoms with Crippen LogP contribution in [0.25, 0.3) is 0 Å². The second-order valence-electron chi connectivity index (χ2n) is 10.5. The van der Waals surface area contributed by atoms with Crippen molar-refractivity contribution in [1.29, 1.82) is 0 Å². The van der Waals surface area contributed by atoms with Gasteiger partial charge in [0.15, 0.2) is 0 Å². The number of rotatable bonds is 5. The Hall–Kier alpha value is -3.75. The van der Waals surface area contributed by atoms with Crippen molar-refractivity contribution in [2.45, 2.75) is 43.2 Å². The van der Waals surface area contributed by atoms with E-state index in [9.17, 15) is 19.5 Å². The maximum atomic E-state index is 14.5. The van der Waals surface area contributed by atoms with Gasteiger partial charge in [0.25, 0.3) is 0 Å². The molecule has 6 rings (SSSR count). The molecule has 4 aliphatic rings. The van der Waals surface area contributed by atoms with Crippen LogP contribution >= 0.6 is 0 Å². The molecular formula is C31H32N2O6. The van der Waals surface area contributed by atoms with Crippen LogP contribution in [0.3, 0.4) is 0 Å². The second-order valence-corrected chi connectivity index (χ2v) is 10.5. The molecule has 202 valence electrons. The quantitative estimate of drug-likeness (QED) is 0.474. The molecule has 0 radical (unpaired) electrons. The number of hydrogen-bond donors (Lipinski definition) is 1. The number of ether oxygens (including phenoxy) is 2. The van der Waals surface area contributed by atoms with Gasteiger partial charge in [-0.3, -0.25) is 14.4 Å². The van der Waals surface area contributed by atoms with Crippen molar-refractivity contribution in [3.05, 3.63) is 96.1 Å². The highest BCUT2D eigenvalue weighted by molar-refractivity contribution is 5.99. The number of fused-ring (bicyclic) bond motifs is 2. The van der Waals surface area contributed by atoms with Crippen LogP contribution in [-0.2, 0) is 30.4 Å². The average molecular weight is 529 g/mol. The molecule has 0 saturated carbocycles. The lowest BCUT2D eigenvalue weighted by molar-refractivity contribution is -0.156. The summed E-state index contributed by atoms with van der Waals surface area (Å²) in [5.41, 5.74) is 0.286. The SMILES string of the molecule is O=C1OCCC/C=C\[C@H]2O[C@]34C=CCN(Cc5ccccc5)C(=O)C3N([C@H](CO)c3ccccc3)C(=O)[C@@H]4[C@@H]12. The Morgan fingerprint density at radius 2 is 1.72 bits per heavy atom. The summed E-state index contributed by atoms with van der Waals surface area (Å²) < 4.78 is 12.2. The van der Waals surface area contributed by atoms with Gasteiger partial charge in [-0.15, -0.1) is 0 Å². The molecule has 2 fully saturated rings. The lowest BCUT2D eigenvalue weighted by Crippen LogP contribution is -2.56. The van der Waals surface area contributed by atoms with Crippen LogP contribution in [0, 0.1) is 11.8 Å². The number of benzene rings is 2. The fraction of sp³-hybridized carbons (Fsp3) is 0.387. The topological polar surface area (TPSA) is 96.4 Å². The Kier molecular flexibility index (Phi) is 6.83. The first-order valence-corrected chi connectivity index (χ1v) is 13.5. The molecule has 0 aliphatic carbocycles. The number of allylic oxidation sites excluding steroid dienone is 1. The van der Waals surface area contributed by atoms with E-state index >= 15 is 0 Å². The molecule has 8 heteroatoms. The van der Waals surface area contributed by atoms with Crippen molar-refractivity contribution in [3.63, 3.8) is 0 Å². The van der Waals surface area contributed by atoms with E-state index in [1.165, 1.54) is 4.90 Å². The Morgan fingerprint density at radius 3 is 2.46 bits per heavy atom. The van der Waals surface area contributed by atoms with E-state index < -0.39 is 41.6 Å². The number of nitrogens with zero attached hydrogens (tertiary/aromatic N) is 2. The van der Waals surface area contributed by atoms with Crippen LogP contribution in [0.15, 0.2) is 85.0 Å². The van der Waals surface area contributed by atoms with Gasteiger partial charge in [0.2, 0.25) is 11.8 Å². The van der Waals surface area contributed by atoms with Gasteiger partial charge in [-0.05, 0) is 24.0 Å². The highest BCUT2D eigenvalue weighted by Crippen LogP contribution is 2.55. The molecule has 2 aromatic rings. The van der Waals surface area contributed by atoms with E-state index in [2.05, 4.69) is 0 Å². The summed E-state index contributed by atoms with van der Waals surface area (Å²) in [7, 11) is 0. The zero-order valence-electron chi connectivity index (χ0n) is 21.6. The van der Waals surface area contributed by atoms with Crippen LogP contribution in [0.2, 0.25) is 0 Å². The van der Waals surface area contributed by atoms with Crippen molar-refractivity contribution in [2.24, 2.45) is 11.8 Å². The third-order valence-electron chi connectivity index (χ3n) is 8.28. The van der Waals surface area contributed by atoms with Gasteiger partial charge in [-0.2, -0.15) is 0 Å². The highest BCUT2D eigenvalue weighted by atomic mass is 16.6. The molecule has 4 aliphatic heterocycles. The minimum absolute atomic E-state index is 0.260. The summed E-state index contributed by atoms with van der Waals surface area (Å²) in [6, 6.07) is 17.0. The zero-order chi connectivity index (χ0) is 27.0. The van der Waals surface area contributed by atoms with Crippen molar-refractivity contribution in [3.8, 4) is 0 Å². The molecule has 0 bridgehead atoms. The number of hydrogen-bond acceptors (Lipinski definition) is 6. The predicted molar refractivity (Wildman–Crippen MR) is 142 cm³/mol. The van der Waals surface area contributed by atoms with E-state index in [1.807, 2.05) is 85.0 Å². The zero-order valence-corrected chi connectivity index (χ0v) is 21.6. The minimum atomic E-state index is -1.38. The van der Waals surface area contributed by atoms with Gasteiger partial charge in [0.05, 0.1) is 31.3 Å². The van der Waals surface area contributed by atoms with E-state index in [0.29, 0.717) is 25.1 Å². The minimum Gasteiger partial charge on any atom is -0.465 e. The Labute approximate surface area is 227 Å². The smallest absolute Gasteiger partial charge is 0.312 e. The molecule has 8 nitrogen and oxygen atoms in total. The molecule has 2 amide bonds. The number of esters is 1. The number of cyclic esters (lactones) is 1. The van der Waals surface area contributed by atoms with Crippen LogP contribution < -0.4 is 0 Å². The molecular weight excluding hydrogens is 496 g/mol. The summed E-state index contributed by atoms with van der Waals surface area (Å²) in [4.78, 5) is 45.4. The molecule has 2 aromatic carbocycles. The van der Waals surface area contributed by atoms with Gasteiger partial charge in [-0.25, -0.2) is 0 Å². The Bertz CT molecular complexity index is 1290. The number of carbonyl (C=O) groups excluding carboxylic acids is 3. The van der Waals surface area contributed by atoms with Crippen molar-refractivity contribution in [1.82, 2.24) is 9.80 Å². The fourth-order valence-corrected chi connectivity index (χ4v) is 6.55. The number of aliphatic hydroxyl groups excluding tert-OH is 1. The normalized spacial score (nSPS) is 31.8. The largest absolute Gasteiger partial charge is 0.465 e. The number of carbonyl (C=O) groups is 3. The Balaban J connectivity index is 1.47. The van der Waals surface area contributed by atoms with E-state index in [0.717, 1.165) is 12.0 Å². The van der Waals surface area contributed by atoms with Gasteiger partial charge in [-0.1, -0.05) is 85.0 Å². The lowest BCUT2D eigenvalue weighted by Gasteiger charge is -2.38. The molecule has 1 unspecified atom stereocenters. The van der Waals surface area contributed by atoms with E-state index in [1.54, 1.807) is 4.90 Å². The van der Waals surface area contributed by atoms with Crippen molar-refractivity contribution in [2.75, 3.05) is 19.8 Å². The maximum Gasteiger partial charge on any atom is 0.312 e. The first-order valence-electron chi connectivity index (χ1n) is 13.5. The van der Waals surface area contributed by atoms with Gasteiger partial charge in [0.1, 0.15) is 17.6 Å². The van der Waals surface area contributed by atoms with Gasteiger partial charge < -0.3 is 24.4 Å². The molecule has 2 saturated heterocycles. The second kappa shape index (κ2) is 10.4. The van der Waals surface area contributed by atoms with Crippen LogP contribution in [0.5, 0.6) is 0 Å². The standard InChI is InChI=1S/C31H32N2O6/c34-20-23(22-13-6-2-7-14-22)33-27-29(36)32(19-21-11-4-1-5-12-21)17-10-16-31(27)26(28(33)35)25-24(39-31)15-8-3-9-18-38-30(25)37/h1-2,4-8,10-16,23-27,34H,3,9,17-20H2/b15-8-/t23-,24-,25+,26+,27?,31+/m1/s1. The van der Waals surface area contributed by atoms with E-state index in [4.69, 9.17) is 9.47 Å². The van der Waals surface area contributed by atoms with Gasteiger partial charge >= 0.3 is 5.97 Å². The van der Waals surface area contributed by atoms with Crippen LogP contribution in [-0.4, -0.2) is 70.2 Å². The van der Waals surface area contributed by atoms with Crippen molar-refractivity contribution < 1.29 is 29.0 Å². The molecule has 39 heavy (non-hydrogen) atoms. The molecule has 4 heterocycles. The summed E-state index contributed by atoms with van der Waals surface area (Å²) in [5, 5.41) is 10.6. The van der Waals surface area contributed by atoms with Crippen molar-refractivity contribution >= 4 is 17.8 Å². The maximum absolute atomic E-state index is 14.5. The molecule has 6 atom stereocenters. The molecule has 0 aromatic heterocycles. The Morgan fingerprint density at radius 1 is 0.974 bits per heavy atom. The summed E-state index contributed by atoms with van der Waals surface area (Å²) in [6.45, 7) is 0.557. The average Bonchev–Trinajstić information content (AvgIpc) is 3.37. The number of likely N-dealkylation sites (tertiary alicyclic amines) is 1. The predicted octanol–water partition coefficient (Wildman–Crippen LogP) is 2.79. The van der Waals surface area contributed by atoms with E-state index in [-0.39, 0.29) is 25.0 Å². The third-order valence-corrected chi connectivity index (χ3v) is 8.28. The lowest BCUT2D eigenvalue weighted by atomic mass is 9.78. The summed E-state index contributed by atoms with van der Waals surface area (Å²) in [6.07, 6.45) is 8.18. The monoisotopic (exact) mass is 528 g/mol. The van der Waals surface area contributed by atoms with Crippen LogP contribution in [0.4, 0.5) is 0 Å².